The summed E-state index contributed by atoms with van der Waals surface area (Å²) in [6.07, 6.45) is 4.35. The highest BCUT2D eigenvalue weighted by Gasteiger charge is 2.38. The third-order valence-corrected chi connectivity index (χ3v) is 6.10. The maximum Gasteiger partial charge on any atom is 0.278 e. The van der Waals surface area contributed by atoms with Gasteiger partial charge in [-0.05, 0) is 62.4 Å². The van der Waals surface area contributed by atoms with E-state index in [4.69, 9.17) is 4.74 Å². The number of carbonyl (C=O) groups excluding carboxylic acids is 2. The topological polar surface area (TPSA) is 61.9 Å². The van der Waals surface area contributed by atoms with E-state index in [2.05, 4.69) is 22.3 Å². The highest BCUT2D eigenvalue weighted by Crippen LogP contribution is 2.31. The predicted molar refractivity (Wildman–Crippen MR) is 127 cm³/mol. The molecule has 2 aromatic rings. The van der Waals surface area contributed by atoms with Crippen molar-refractivity contribution in [2.45, 2.75) is 32.6 Å². The summed E-state index contributed by atoms with van der Waals surface area (Å²) in [6.45, 7) is 5.00. The average Bonchev–Trinajstić information content (AvgIpc) is 3.05. The number of aryl methyl sites for hydroxylation is 1. The van der Waals surface area contributed by atoms with E-state index < -0.39 is 0 Å². The van der Waals surface area contributed by atoms with E-state index in [-0.39, 0.29) is 11.8 Å². The first-order chi connectivity index (χ1) is 15.6. The molecule has 0 aliphatic carbocycles. The quantitative estimate of drug-likeness (QED) is 0.499. The molecule has 1 fully saturated rings. The first kappa shape index (κ1) is 22.1. The van der Waals surface area contributed by atoms with Crippen molar-refractivity contribution in [1.82, 2.24) is 4.90 Å². The second-order valence-corrected chi connectivity index (χ2v) is 8.44. The molecule has 2 aromatic carbocycles. The zero-order valence-electron chi connectivity index (χ0n) is 18.9. The lowest BCUT2D eigenvalue weighted by Gasteiger charge is -2.28. The van der Waals surface area contributed by atoms with Gasteiger partial charge in [0.2, 0.25) is 0 Å². The number of rotatable bonds is 8. The second-order valence-electron chi connectivity index (χ2n) is 8.44. The number of ether oxygens (including phenoxy) is 1. The van der Waals surface area contributed by atoms with E-state index in [1.807, 2.05) is 43.3 Å². The number of nitrogens with one attached hydrogen (secondary N) is 1. The van der Waals surface area contributed by atoms with Crippen molar-refractivity contribution in [2.24, 2.45) is 0 Å². The van der Waals surface area contributed by atoms with Crippen LogP contribution in [0.1, 0.15) is 36.8 Å². The number of anilines is 2. The van der Waals surface area contributed by atoms with Gasteiger partial charge in [0.15, 0.2) is 0 Å². The minimum atomic E-state index is -0.290. The van der Waals surface area contributed by atoms with Crippen molar-refractivity contribution >= 4 is 28.8 Å². The fourth-order valence-electron chi connectivity index (χ4n) is 4.30. The highest BCUT2D eigenvalue weighted by molar-refractivity contribution is 6.36. The fourth-order valence-corrected chi connectivity index (χ4v) is 4.30. The van der Waals surface area contributed by atoms with E-state index in [0.717, 1.165) is 29.9 Å². The Labute approximate surface area is 189 Å². The fraction of sp³-hybridized carbons (Fsp3) is 0.385. The molecule has 1 N–H and O–H groups in total. The number of hydrogen-bond acceptors (Lipinski definition) is 5. The van der Waals surface area contributed by atoms with Crippen LogP contribution in [-0.4, -0.2) is 50.1 Å². The van der Waals surface area contributed by atoms with Crippen LogP contribution in [0.25, 0.3) is 5.57 Å². The number of imide groups is 1. The Morgan fingerprint density at radius 2 is 1.59 bits per heavy atom. The minimum absolute atomic E-state index is 0.262. The number of methoxy groups -OCH3 is 1. The highest BCUT2D eigenvalue weighted by atomic mass is 16.5. The van der Waals surface area contributed by atoms with Crippen LogP contribution in [-0.2, 0) is 14.3 Å². The number of amides is 2. The molecule has 4 rings (SSSR count). The standard InChI is InChI=1S/C26H31N3O3/c1-19-7-9-20(10-8-19)23-24(26(31)29(25(23)30)17-6-18-32-2)27-21-11-13-22(14-12-21)28-15-4-3-5-16-28/h7-14,27H,3-6,15-18H2,1-2H3. The van der Waals surface area contributed by atoms with Crippen LogP contribution in [0.2, 0.25) is 0 Å². The van der Waals surface area contributed by atoms with Crippen LogP contribution in [0, 0.1) is 6.92 Å². The molecule has 168 valence electrons. The molecule has 1 saturated heterocycles. The predicted octanol–water partition coefficient (Wildman–Crippen LogP) is 4.21. The summed E-state index contributed by atoms with van der Waals surface area (Å²) in [4.78, 5) is 30.1. The van der Waals surface area contributed by atoms with Gasteiger partial charge in [-0.3, -0.25) is 14.5 Å². The van der Waals surface area contributed by atoms with Crippen LogP contribution in [0.3, 0.4) is 0 Å². The Morgan fingerprint density at radius 3 is 2.25 bits per heavy atom. The van der Waals surface area contributed by atoms with Crippen LogP contribution in [0.15, 0.2) is 54.2 Å². The van der Waals surface area contributed by atoms with Crippen LogP contribution in [0.5, 0.6) is 0 Å². The van der Waals surface area contributed by atoms with E-state index >= 15 is 0 Å². The number of hydrogen-bond donors (Lipinski definition) is 1. The Hall–Kier alpha value is -3.12. The summed E-state index contributed by atoms with van der Waals surface area (Å²) in [6, 6.07) is 15.8. The molecule has 0 atom stereocenters. The van der Waals surface area contributed by atoms with E-state index in [1.54, 1.807) is 7.11 Å². The van der Waals surface area contributed by atoms with Crippen LogP contribution >= 0.6 is 0 Å². The van der Waals surface area contributed by atoms with Gasteiger partial charge in [0.05, 0.1) is 5.57 Å². The molecule has 0 spiro atoms. The van der Waals surface area contributed by atoms with Gasteiger partial charge < -0.3 is 15.0 Å². The van der Waals surface area contributed by atoms with Gasteiger partial charge >= 0.3 is 0 Å². The summed E-state index contributed by atoms with van der Waals surface area (Å²) in [7, 11) is 1.62. The van der Waals surface area contributed by atoms with Crippen molar-refractivity contribution in [3.8, 4) is 0 Å². The van der Waals surface area contributed by atoms with E-state index in [0.29, 0.717) is 30.8 Å². The van der Waals surface area contributed by atoms with Crippen molar-refractivity contribution in [1.29, 1.82) is 0 Å². The van der Waals surface area contributed by atoms with E-state index in [9.17, 15) is 9.59 Å². The van der Waals surface area contributed by atoms with Crippen LogP contribution < -0.4 is 10.2 Å². The molecule has 0 bridgehead atoms. The van der Waals surface area contributed by atoms with Crippen molar-refractivity contribution in [3.63, 3.8) is 0 Å². The van der Waals surface area contributed by atoms with Gasteiger partial charge in [0.25, 0.3) is 11.8 Å². The summed E-state index contributed by atoms with van der Waals surface area (Å²) < 4.78 is 5.10. The van der Waals surface area contributed by atoms with Crippen molar-refractivity contribution < 1.29 is 14.3 Å². The molecule has 6 nitrogen and oxygen atoms in total. The summed E-state index contributed by atoms with van der Waals surface area (Å²) >= 11 is 0. The molecule has 0 radical (unpaired) electrons. The zero-order valence-corrected chi connectivity index (χ0v) is 18.9. The molecule has 2 aliphatic heterocycles. The molecule has 2 heterocycles. The largest absolute Gasteiger partial charge is 0.385 e. The number of piperidine rings is 1. The maximum atomic E-state index is 13.2. The SMILES string of the molecule is COCCCN1C(=O)C(Nc2ccc(N3CCCCC3)cc2)=C(c2ccc(C)cc2)C1=O. The third kappa shape index (κ3) is 4.70. The van der Waals surface area contributed by atoms with Gasteiger partial charge in [0.1, 0.15) is 5.70 Å². The first-order valence-corrected chi connectivity index (χ1v) is 11.4. The summed E-state index contributed by atoms with van der Waals surface area (Å²) in [5.74, 6) is -0.552. The minimum Gasteiger partial charge on any atom is -0.385 e. The molecular formula is C26H31N3O3. The second kappa shape index (κ2) is 10.0. The Balaban J connectivity index is 1.60. The number of nitrogens with zero attached hydrogens (tertiary/aromatic N) is 2. The lowest BCUT2D eigenvalue weighted by Crippen LogP contribution is -2.33. The van der Waals surface area contributed by atoms with Crippen molar-refractivity contribution in [2.75, 3.05) is 43.6 Å². The Morgan fingerprint density at radius 1 is 0.906 bits per heavy atom. The van der Waals surface area contributed by atoms with Gasteiger partial charge in [-0.15, -0.1) is 0 Å². The summed E-state index contributed by atoms with van der Waals surface area (Å²) in [5.41, 5.74) is 4.60. The molecule has 0 saturated carbocycles. The molecule has 0 aromatic heterocycles. The molecule has 32 heavy (non-hydrogen) atoms. The molecule has 0 unspecified atom stereocenters. The van der Waals surface area contributed by atoms with Gasteiger partial charge in [-0.2, -0.15) is 0 Å². The smallest absolute Gasteiger partial charge is 0.278 e. The Kier molecular flexibility index (Phi) is 6.90. The Bertz CT molecular complexity index is 990. The molecular weight excluding hydrogens is 402 g/mol. The molecule has 2 aliphatic rings. The lowest BCUT2D eigenvalue weighted by molar-refractivity contribution is -0.136. The zero-order chi connectivity index (χ0) is 22.5. The van der Waals surface area contributed by atoms with Crippen LogP contribution in [0.4, 0.5) is 11.4 Å². The normalized spacial score (nSPS) is 16.8. The van der Waals surface area contributed by atoms with Crippen molar-refractivity contribution in [3.05, 3.63) is 65.4 Å². The average molecular weight is 434 g/mol. The number of carbonyl (C=O) groups is 2. The van der Waals surface area contributed by atoms with Gasteiger partial charge in [-0.25, -0.2) is 0 Å². The monoisotopic (exact) mass is 433 g/mol. The first-order valence-electron chi connectivity index (χ1n) is 11.4. The molecule has 2 amide bonds. The third-order valence-electron chi connectivity index (χ3n) is 6.10. The van der Waals surface area contributed by atoms with Gasteiger partial charge in [-0.1, -0.05) is 29.8 Å². The number of benzene rings is 2. The lowest BCUT2D eigenvalue weighted by atomic mass is 10.0. The summed E-state index contributed by atoms with van der Waals surface area (Å²) in [5, 5.41) is 3.25. The maximum absolute atomic E-state index is 13.2. The molecule has 6 heteroatoms. The van der Waals surface area contributed by atoms with E-state index in [1.165, 1.54) is 29.8 Å². The van der Waals surface area contributed by atoms with Gasteiger partial charge in [0, 0.05) is 44.7 Å².